The summed E-state index contributed by atoms with van der Waals surface area (Å²) in [6.07, 6.45) is 3.56. The van der Waals surface area contributed by atoms with Gasteiger partial charge in [0.15, 0.2) is 0 Å². The van der Waals surface area contributed by atoms with Crippen molar-refractivity contribution in [2.45, 2.75) is 39.5 Å². The number of rotatable bonds is 7. The smallest absolute Gasteiger partial charge is 0.142 e. The topological polar surface area (TPSA) is 43.1 Å². The van der Waals surface area contributed by atoms with E-state index in [1.54, 1.807) is 11.3 Å². The summed E-state index contributed by atoms with van der Waals surface area (Å²) in [5.41, 5.74) is 5.63. The Morgan fingerprint density at radius 3 is 2.56 bits per heavy atom. The van der Waals surface area contributed by atoms with Crippen LogP contribution in [-0.4, -0.2) is 12.3 Å². The molecule has 1 heterocycles. The maximum Gasteiger partial charge on any atom is 0.142 e. The first kappa shape index (κ1) is 13.4. The average Bonchev–Trinajstić information content (AvgIpc) is 2.73. The lowest BCUT2D eigenvalue weighted by Gasteiger charge is -2.11. The SMILES string of the molecule is CCCC(CN)C(=O)Cc1ccc(CC)s1. The van der Waals surface area contributed by atoms with Crippen molar-refractivity contribution in [1.82, 2.24) is 0 Å². The van der Waals surface area contributed by atoms with Gasteiger partial charge in [-0.05, 0) is 25.0 Å². The van der Waals surface area contributed by atoms with Gasteiger partial charge in [-0.25, -0.2) is 0 Å². The fourth-order valence-electron chi connectivity index (χ4n) is 1.78. The molecule has 1 rings (SSSR count). The second-order valence-corrected chi connectivity index (χ2v) is 5.34. The Morgan fingerprint density at radius 2 is 2.06 bits per heavy atom. The first-order valence-corrected chi connectivity index (χ1v) is 6.83. The van der Waals surface area contributed by atoms with E-state index in [-0.39, 0.29) is 5.92 Å². The third-order valence-electron chi connectivity index (χ3n) is 2.79. The Bertz CT molecular complexity index is 332. The van der Waals surface area contributed by atoms with E-state index in [2.05, 4.69) is 26.0 Å². The first-order valence-electron chi connectivity index (χ1n) is 6.01. The Morgan fingerprint density at radius 1 is 1.38 bits per heavy atom. The van der Waals surface area contributed by atoms with E-state index in [1.807, 2.05) is 0 Å². The van der Waals surface area contributed by atoms with Crippen molar-refractivity contribution in [2.75, 3.05) is 6.54 Å². The average molecular weight is 239 g/mol. The number of Topliss-reactive ketones (excluding diaryl/α,β-unsaturated/α-hetero) is 1. The van der Waals surface area contributed by atoms with Crippen LogP contribution >= 0.6 is 11.3 Å². The molecule has 0 aliphatic heterocycles. The Labute approximate surface area is 102 Å². The molecule has 1 aromatic rings. The Balaban J connectivity index is 2.55. The highest BCUT2D eigenvalue weighted by atomic mass is 32.1. The van der Waals surface area contributed by atoms with Crippen molar-refractivity contribution in [3.63, 3.8) is 0 Å². The molecule has 0 fully saturated rings. The van der Waals surface area contributed by atoms with Gasteiger partial charge in [0, 0.05) is 28.6 Å². The van der Waals surface area contributed by atoms with Crippen LogP contribution in [0.4, 0.5) is 0 Å². The van der Waals surface area contributed by atoms with Crippen molar-refractivity contribution in [3.05, 3.63) is 21.9 Å². The number of hydrogen-bond acceptors (Lipinski definition) is 3. The van der Waals surface area contributed by atoms with Gasteiger partial charge in [-0.3, -0.25) is 4.79 Å². The number of carbonyl (C=O) groups is 1. The van der Waals surface area contributed by atoms with Crippen molar-refractivity contribution in [3.8, 4) is 0 Å². The van der Waals surface area contributed by atoms with E-state index in [9.17, 15) is 4.79 Å². The molecule has 0 spiro atoms. The molecule has 0 saturated heterocycles. The molecule has 90 valence electrons. The molecule has 2 N–H and O–H groups in total. The Kier molecular flexibility index (Phi) is 5.71. The van der Waals surface area contributed by atoms with Crippen LogP contribution in [0.5, 0.6) is 0 Å². The molecule has 0 radical (unpaired) electrons. The van der Waals surface area contributed by atoms with E-state index in [4.69, 9.17) is 5.73 Å². The normalized spacial score (nSPS) is 12.7. The summed E-state index contributed by atoms with van der Waals surface area (Å²) in [4.78, 5) is 14.5. The second-order valence-electron chi connectivity index (χ2n) is 4.09. The molecule has 0 aliphatic carbocycles. The Hall–Kier alpha value is -0.670. The van der Waals surface area contributed by atoms with E-state index < -0.39 is 0 Å². The van der Waals surface area contributed by atoms with Crippen LogP contribution in [0.15, 0.2) is 12.1 Å². The van der Waals surface area contributed by atoms with E-state index >= 15 is 0 Å². The highest BCUT2D eigenvalue weighted by Gasteiger charge is 2.16. The van der Waals surface area contributed by atoms with Gasteiger partial charge < -0.3 is 5.73 Å². The quantitative estimate of drug-likeness (QED) is 0.795. The molecule has 0 amide bonds. The maximum absolute atomic E-state index is 12.0. The van der Waals surface area contributed by atoms with Gasteiger partial charge in [0.05, 0.1) is 0 Å². The number of nitrogens with two attached hydrogens (primary N) is 1. The van der Waals surface area contributed by atoms with Crippen LogP contribution in [0.25, 0.3) is 0 Å². The zero-order chi connectivity index (χ0) is 12.0. The van der Waals surface area contributed by atoms with Crippen LogP contribution in [0, 0.1) is 5.92 Å². The number of aryl methyl sites for hydroxylation is 1. The second kappa shape index (κ2) is 6.81. The van der Waals surface area contributed by atoms with Crippen LogP contribution in [0.2, 0.25) is 0 Å². The summed E-state index contributed by atoms with van der Waals surface area (Å²) < 4.78 is 0. The molecular weight excluding hydrogens is 218 g/mol. The summed E-state index contributed by atoms with van der Waals surface area (Å²) in [6.45, 7) is 4.71. The van der Waals surface area contributed by atoms with Gasteiger partial charge in [0.1, 0.15) is 5.78 Å². The molecule has 1 atom stereocenters. The minimum atomic E-state index is 0.0529. The van der Waals surface area contributed by atoms with Crippen molar-refractivity contribution in [2.24, 2.45) is 11.7 Å². The fraction of sp³-hybridized carbons (Fsp3) is 0.615. The predicted octanol–water partition coefficient (Wildman–Crippen LogP) is 2.80. The van der Waals surface area contributed by atoms with Gasteiger partial charge in [0.2, 0.25) is 0 Å². The molecular formula is C13H21NOS. The lowest BCUT2D eigenvalue weighted by Crippen LogP contribution is -2.24. The van der Waals surface area contributed by atoms with Crippen LogP contribution < -0.4 is 5.73 Å². The highest BCUT2D eigenvalue weighted by Crippen LogP contribution is 2.19. The molecule has 16 heavy (non-hydrogen) atoms. The van der Waals surface area contributed by atoms with Crippen LogP contribution in [0.3, 0.4) is 0 Å². The summed E-state index contributed by atoms with van der Waals surface area (Å²) >= 11 is 1.75. The molecule has 3 heteroatoms. The van der Waals surface area contributed by atoms with Gasteiger partial charge in [-0.2, -0.15) is 0 Å². The molecule has 1 aromatic heterocycles. The van der Waals surface area contributed by atoms with E-state index in [1.165, 1.54) is 9.75 Å². The largest absolute Gasteiger partial charge is 0.330 e. The molecule has 1 unspecified atom stereocenters. The maximum atomic E-state index is 12.0. The molecule has 0 bridgehead atoms. The van der Waals surface area contributed by atoms with Gasteiger partial charge in [-0.15, -0.1) is 11.3 Å². The number of ketones is 1. The zero-order valence-corrected chi connectivity index (χ0v) is 11.0. The summed E-state index contributed by atoms with van der Waals surface area (Å²) in [5.74, 6) is 0.353. The lowest BCUT2D eigenvalue weighted by atomic mass is 9.96. The van der Waals surface area contributed by atoms with Crippen molar-refractivity contribution < 1.29 is 4.79 Å². The minimum absolute atomic E-state index is 0.0529. The summed E-state index contributed by atoms with van der Waals surface area (Å²) in [6, 6.07) is 4.19. The number of thiophene rings is 1. The fourth-order valence-corrected chi connectivity index (χ4v) is 2.75. The third-order valence-corrected chi connectivity index (χ3v) is 4.02. The summed E-state index contributed by atoms with van der Waals surface area (Å²) in [5, 5.41) is 0. The van der Waals surface area contributed by atoms with Crippen LogP contribution in [-0.2, 0) is 17.6 Å². The van der Waals surface area contributed by atoms with Crippen molar-refractivity contribution in [1.29, 1.82) is 0 Å². The van der Waals surface area contributed by atoms with Gasteiger partial charge in [-0.1, -0.05) is 20.3 Å². The van der Waals surface area contributed by atoms with E-state index in [0.29, 0.717) is 18.7 Å². The first-order chi connectivity index (χ1) is 7.71. The molecule has 0 aliphatic rings. The van der Waals surface area contributed by atoms with Gasteiger partial charge in [0.25, 0.3) is 0 Å². The minimum Gasteiger partial charge on any atom is -0.330 e. The third kappa shape index (κ3) is 3.72. The molecule has 2 nitrogen and oxygen atoms in total. The zero-order valence-electron chi connectivity index (χ0n) is 10.2. The predicted molar refractivity (Wildman–Crippen MR) is 69.9 cm³/mol. The molecule has 0 saturated carbocycles. The number of hydrogen-bond donors (Lipinski definition) is 1. The lowest BCUT2D eigenvalue weighted by molar-refractivity contribution is -0.122. The summed E-state index contributed by atoms with van der Waals surface area (Å²) in [7, 11) is 0. The highest BCUT2D eigenvalue weighted by molar-refractivity contribution is 7.12. The van der Waals surface area contributed by atoms with Gasteiger partial charge >= 0.3 is 0 Å². The van der Waals surface area contributed by atoms with E-state index in [0.717, 1.165) is 19.3 Å². The standard InChI is InChI=1S/C13H21NOS/c1-3-5-10(9-14)13(15)8-12-7-6-11(4-2)16-12/h6-7,10H,3-5,8-9,14H2,1-2H3. The van der Waals surface area contributed by atoms with Crippen molar-refractivity contribution >= 4 is 17.1 Å². The molecule has 0 aromatic carbocycles. The monoisotopic (exact) mass is 239 g/mol. The number of carbonyl (C=O) groups excluding carboxylic acids is 1. The van der Waals surface area contributed by atoms with Crippen LogP contribution in [0.1, 0.15) is 36.4 Å².